The number of rotatable bonds is 4. The summed E-state index contributed by atoms with van der Waals surface area (Å²) < 4.78 is 10.2. The van der Waals surface area contributed by atoms with E-state index in [0.29, 0.717) is 5.56 Å². The molecule has 0 saturated carbocycles. The van der Waals surface area contributed by atoms with Crippen molar-refractivity contribution in [2.75, 3.05) is 13.2 Å². The number of hydrogen-bond acceptors (Lipinski definition) is 4. The lowest BCUT2D eigenvalue weighted by atomic mass is 10.2. The maximum atomic E-state index is 11.4. The number of hydrogen-bond donors (Lipinski definition) is 0. The van der Waals surface area contributed by atoms with Gasteiger partial charge in [0.1, 0.15) is 0 Å². The molecular formula is C11H11BrO4. The minimum absolute atomic E-state index is 0.272. The molecule has 0 N–H and O–H groups in total. The lowest BCUT2D eigenvalue weighted by Crippen LogP contribution is -2.16. The normalized spacial score (nSPS) is 9.62. The highest BCUT2D eigenvalue weighted by Gasteiger charge is 2.10. The van der Waals surface area contributed by atoms with Gasteiger partial charge in [0.05, 0.1) is 12.2 Å². The molecule has 86 valence electrons. The van der Waals surface area contributed by atoms with Crippen molar-refractivity contribution in [2.24, 2.45) is 0 Å². The number of carbonyl (C=O) groups excluding carboxylic acids is 2. The van der Waals surface area contributed by atoms with Crippen LogP contribution in [0.3, 0.4) is 0 Å². The fourth-order valence-electron chi connectivity index (χ4n) is 0.996. The Morgan fingerprint density at radius 2 is 1.81 bits per heavy atom. The quantitative estimate of drug-likeness (QED) is 0.796. The summed E-state index contributed by atoms with van der Waals surface area (Å²) >= 11 is 3.25. The van der Waals surface area contributed by atoms with Crippen LogP contribution in [0.2, 0.25) is 0 Å². The van der Waals surface area contributed by atoms with Crippen LogP contribution in [0.4, 0.5) is 0 Å². The Bertz CT molecular complexity index is 372. The molecule has 0 spiro atoms. The third-order valence-electron chi connectivity index (χ3n) is 1.71. The second kappa shape index (κ2) is 6.27. The van der Waals surface area contributed by atoms with E-state index >= 15 is 0 Å². The summed E-state index contributed by atoms with van der Waals surface area (Å²) in [5, 5.41) is 0. The SMILES string of the molecule is CCOC(=O)COC(=O)c1ccc(Br)cc1. The lowest BCUT2D eigenvalue weighted by Gasteiger charge is -2.04. The highest BCUT2D eigenvalue weighted by Crippen LogP contribution is 2.11. The zero-order valence-electron chi connectivity index (χ0n) is 8.73. The molecule has 0 saturated heterocycles. The molecule has 16 heavy (non-hydrogen) atoms. The van der Waals surface area contributed by atoms with E-state index in [2.05, 4.69) is 20.7 Å². The number of halogens is 1. The molecule has 0 fully saturated rings. The van der Waals surface area contributed by atoms with Gasteiger partial charge in [-0.25, -0.2) is 9.59 Å². The maximum absolute atomic E-state index is 11.4. The van der Waals surface area contributed by atoms with E-state index < -0.39 is 11.9 Å². The number of carbonyl (C=O) groups is 2. The summed E-state index contributed by atoms with van der Waals surface area (Å²) in [7, 11) is 0. The Kier molecular flexibility index (Phi) is 4.98. The molecule has 0 amide bonds. The average Bonchev–Trinajstić information content (AvgIpc) is 2.27. The van der Waals surface area contributed by atoms with Gasteiger partial charge in [-0.05, 0) is 31.2 Å². The smallest absolute Gasteiger partial charge is 0.344 e. The van der Waals surface area contributed by atoms with Crippen LogP contribution in [-0.2, 0) is 14.3 Å². The molecule has 0 aromatic heterocycles. The predicted molar refractivity (Wildman–Crippen MR) is 61.1 cm³/mol. The molecule has 0 aliphatic rings. The molecule has 0 aliphatic carbocycles. The van der Waals surface area contributed by atoms with Gasteiger partial charge in [-0.2, -0.15) is 0 Å². The van der Waals surface area contributed by atoms with Crippen molar-refractivity contribution in [2.45, 2.75) is 6.92 Å². The summed E-state index contributed by atoms with van der Waals surface area (Å²) in [6, 6.07) is 6.66. The second-order valence-corrected chi connectivity index (χ2v) is 3.80. The van der Waals surface area contributed by atoms with Crippen molar-refractivity contribution >= 4 is 27.9 Å². The topological polar surface area (TPSA) is 52.6 Å². The van der Waals surface area contributed by atoms with Crippen molar-refractivity contribution < 1.29 is 19.1 Å². The molecule has 0 bridgehead atoms. The highest BCUT2D eigenvalue weighted by molar-refractivity contribution is 9.10. The molecule has 0 unspecified atom stereocenters. The van der Waals surface area contributed by atoms with Crippen LogP contribution in [0.15, 0.2) is 28.7 Å². The van der Waals surface area contributed by atoms with Crippen molar-refractivity contribution in [3.63, 3.8) is 0 Å². The van der Waals surface area contributed by atoms with Gasteiger partial charge in [-0.3, -0.25) is 0 Å². The standard InChI is InChI=1S/C11H11BrO4/c1-2-15-10(13)7-16-11(14)8-3-5-9(12)6-4-8/h3-6H,2,7H2,1H3. The summed E-state index contributed by atoms with van der Waals surface area (Å²) in [4.78, 5) is 22.3. The van der Waals surface area contributed by atoms with Crippen LogP contribution in [0.5, 0.6) is 0 Å². The van der Waals surface area contributed by atoms with Gasteiger partial charge in [0.25, 0.3) is 0 Å². The van der Waals surface area contributed by atoms with E-state index in [1.165, 1.54) is 0 Å². The van der Waals surface area contributed by atoms with E-state index in [0.717, 1.165) is 4.47 Å². The molecule has 4 nitrogen and oxygen atoms in total. The molecule has 1 rings (SSSR count). The number of esters is 2. The first-order valence-corrected chi connectivity index (χ1v) is 5.51. The van der Waals surface area contributed by atoms with Gasteiger partial charge in [0.15, 0.2) is 6.61 Å². The summed E-state index contributed by atoms with van der Waals surface area (Å²) in [5.74, 6) is -1.09. The van der Waals surface area contributed by atoms with Crippen LogP contribution in [0.1, 0.15) is 17.3 Å². The molecule has 0 radical (unpaired) electrons. The van der Waals surface area contributed by atoms with Crippen LogP contribution in [0, 0.1) is 0 Å². The Morgan fingerprint density at radius 3 is 2.38 bits per heavy atom. The lowest BCUT2D eigenvalue weighted by molar-refractivity contribution is -0.146. The summed E-state index contributed by atoms with van der Waals surface area (Å²) in [6.07, 6.45) is 0. The van der Waals surface area contributed by atoms with E-state index in [4.69, 9.17) is 4.74 Å². The molecular weight excluding hydrogens is 276 g/mol. The van der Waals surface area contributed by atoms with Crippen LogP contribution < -0.4 is 0 Å². The van der Waals surface area contributed by atoms with Gasteiger partial charge < -0.3 is 9.47 Å². The highest BCUT2D eigenvalue weighted by atomic mass is 79.9. The van der Waals surface area contributed by atoms with E-state index in [-0.39, 0.29) is 13.2 Å². The zero-order valence-corrected chi connectivity index (χ0v) is 10.3. The molecule has 5 heteroatoms. The first-order chi connectivity index (χ1) is 7.63. The van der Waals surface area contributed by atoms with Gasteiger partial charge in [-0.1, -0.05) is 15.9 Å². The minimum Gasteiger partial charge on any atom is -0.463 e. The third-order valence-corrected chi connectivity index (χ3v) is 2.24. The van der Waals surface area contributed by atoms with Gasteiger partial charge >= 0.3 is 11.9 Å². The first-order valence-electron chi connectivity index (χ1n) is 4.71. The van der Waals surface area contributed by atoms with Gasteiger partial charge in [0, 0.05) is 4.47 Å². The molecule has 1 aromatic rings. The monoisotopic (exact) mass is 286 g/mol. The fourth-order valence-corrected chi connectivity index (χ4v) is 1.26. The largest absolute Gasteiger partial charge is 0.463 e. The van der Waals surface area contributed by atoms with E-state index in [1.807, 2.05) is 0 Å². The second-order valence-electron chi connectivity index (χ2n) is 2.89. The summed E-state index contributed by atoms with van der Waals surface area (Å²) in [5.41, 5.74) is 0.396. The van der Waals surface area contributed by atoms with Crippen LogP contribution in [-0.4, -0.2) is 25.2 Å². The van der Waals surface area contributed by atoms with E-state index in [1.54, 1.807) is 31.2 Å². The van der Waals surface area contributed by atoms with Crippen molar-refractivity contribution in [3.05, 3.63) is 34.3 Å². The van der Waals surface area contributed by atoms with Gasteiger partial charge in [-0.15, -0.1) is 0 Å². The Labute approximate surface area is 102 Å². The fraction of sp³-hybridized carbons (Fsp3) is 0.273. The van der Waals surface area contributed by atoms with Crippen LogP contribution in [0.25, 0.3) is 0 Å². The predicted octanol–water partition coefficient (Wildman–Crippen LogP) is 2.17. The minimum atomic E-state index is -0.548. The number of ether oxygens (including phenoxy) is 2. The third kappa shape index (κ3) is 4.02. The van der Waals surface area contributed by atoms with Gasteiger partial charge in [0.2, 0.25) is 0 Å². The molecule has 0 atom stereocenters. The number of benzene rings is 1. The zero-order chi connectivity index (χ0) is 12.0. The molecule has 1 aromatic carbocycles. The van der Waals surface area contributed by atoms with Crippen molar-refractivity contribution in [1.82, 2.24) is 0 Å². The Balaban J connectivity index is 2.47. The van der Waals surface area contributed by atoms with Crippen molar-refractivity contribution in [3.8, 4) is 0 Å². The molecule has 0 aliphatic heterocycles. The molecule has 0 heterocycles. The Morgan fingerprint density at radius 1 is 1.19 bits per heavy atom. The van der Waals surface area contributed by atoms with Crippen molar-refractivity contribution in [1.29, 1.82) is 0 Å². The Hall–Kier alpha value is -1.36. The maximum Gasteiger partial charge on any atom is 0.344 e. The van der Waals surface area contributed by atoms with Crippen LogP contribution >= 0.6 is 15.9 Å². The average molecular weight is 287 g/mol. The summed E-state index contributed by atoms with van der Waals surface area (Å²) in [6.45, 7) is 1.60. The van der Waals surface area contributed by atoms with E-state index in [9.17, 15) is 9.59 Å². The first kappa shape index (κ1) is 12.7.